The van der Waals surface area contributed by atoms with Crippen LogP contribution < -0.4 is 9.97 Å². The van der Waals surface area contributed by atoms with E-state index in [1.54, 1.807) is 0 Å². The lowest BCUT2D eigenvalue weighted by atomic mass is 10.2. The van der Waals surface area contributed by atoms with E-state index in [0.29, 0.717) is 0 Å². The SMILES string of the molecule is c1cc(-c2ccc(-c3cc[nH+]cc3)o2)cc[nH+]1. The van der Waals surface area contributed by atoms with Crippen LogP contribution in [0.4, 0.5) is 0 Å². The van der Waals surface area contributed by atoms with Gasteiger partial charge >= 0.3 is 0 Å². The van der Waals surface area contributed by atoms with E-state index in [4.69, 9.17) is 4.42 Å². The topological polar surface area (TPSA) is 41.4 Å². The van der Waals surface area contributed by atoms with Crippen LogP contribution in [0.1, 0.15) is 0 Å². The van der Waals surface area contributed by atoms with Crippen molar-refractivity contribution in [2.75, 3.05) is 0 Å². The largest absolute Gasteiger partial charge is 0.456 e. The minimum Gasteiger partial charge on any atom is -0.456 e. The minimum atomic E-state index is 0.877. The van der Waals surface area contributed by atoms with Gasteiger partial charge in [0.25, 0.3) is 0 Å². The zero-order chi connectivity index (χ0) is 11.5. The van der Waals surface area contributed by atoms with Crippen LogP contribution in [0, 0.1) is 0 Å². The van der Waals surface area contributed by atoms with Crippen LogP contribution in [-0.4, -0.2) is 0 Å². The molecule has 0 saturated heterocycles. The predicted octanol–water partition coefficient (Wildman–Crippen LogP) is 2.24. The third-order valence-corrected chi connectivity index (χ3v) is 2.61. The second kappa shape index (κ2) is 4.22. The second-order valence-electron chi connectivity index (χ2n) is 3.74. The minimum absolute atomic E-state index is 0.877. The van der Waals surface area contributed by atoms with Gasteiger partial charge in [0.05, 0.1) is 0 Å². The first-order valence-electron chi connectivity index (χ1n) is 5.46. The molecular weight excluding hydrogens is 212 g/mol. The Labute approximate surface area is 98.8 Å². The Morgan fingerprint density at radius 3 is 1.41 bits per heavy atom. The van der Waals surface area contributed by atoms with Crippen LogP contribution in [0.15, 0.2) is 65.6 Å². The number of rotatable bonds is 2. The molecule has 3 heterocycles. The van der Waals surface area contributed by atoms with Gasteiger partial charge in [-0.25, -0.2) is 9.97 Å². The summed E-state index contributed by atoms with van der Waals surface area (Å²) in [6, 6.07) is 11.9. The van der Waals surface area contributed by atoms with Crippen LogP contribution in [-0.2, 0) is 0 Å². The summed E-state index contributed by atoms with van der Waals surface area (Å²) in [6.45, 7) is 0. The molecule has 3 rings (SSSR count). The van der Waals surface area contributed by atoms with Crippen molar-refractivity contribution >= 4 is 0 Å². The summed E-state index contributed by atoms with van der Waals surface area (Å²) in [5.41, 5.74) is 2.13. The van der Waals surface area contributed by atoms with E-state index >= 15 is 0 Å². The molecular formula is C14H12N2O+2. The smallest absolute Gasteiger partial charge is 0.167 e. The number of pyridine rings is 2. The summed E-state index contributed by atoms with van der Waals surface area (Å²) < 4.78 is 5.83. The molecule has 0 atom stereocenters. The van der Waals surface area contributed by atoms with Gasteiger partial charge in [-0.15, -0.1) is 0 Å². The predicted molar refractivity (Wildman–Crippen MR) is 62.7 cm³/mol. The summed E-state index contributed by atoms with van der Waals surface area (Å²) in [4.78, 5) is 5.99. The van der Waals surface area contributed by atoms with Crippen LogP contribution >= 0.6 is 0 Å². The lowest BCUT2D eigenvalue weighted by molar-refractivity contribution is -0.378. The molecule has 3 heteroatoms. The van der Waals surface area contributed by atoms with Crippen molar-refractivity contribution in [3.63, 3.8) is 0 Å². The normalized spacial score (nSPS) is 10.4. The van der Waals surface area contributed by atoms with Crippen molar-refractivity contribution in [2.45, 2.75) is 0 Å². The van der Waals surface area contributed by atoms with E-state index in [1.165, 1.54) is 0 Å². The van der Waals surface area contributed by atoms with Gasteiger partial charge in [0, 0.05) is 35.4 Å². The third kappa shape index (κ3) is 1.95. The lowest BCUT2D eigenvalue weighted by Crippen LogP contribution is -1.96. The van der Waals surface area contributed by atoms with Gasteiger partial charge in [-0.1, -0.05) is 0 Å². The molecule has 0 bridgehead atoms. The molecule has 0 saturated carbocycles. The molecule has 82 valence electrons. The average molecular weight is 224 g/mol. The number of hydrogen-bond acceptors (Lipinski definition) is 1. The summed E-state index contributed by atoms with van der Waals surface area (Å²) in [5, 5.41) is 0. The molecule has 0 unspecified atom stereocenters. The van der Waals surface area contributed by atoms with Gasteiger partial charge in [-0.05, 0) is 12.1 Å². The highest BCUT2D eigenvalue weighted by Crippen LogP contribution is 2.27. The third-order valence-electron chi connectivity index (χ3n) is 2.61. The van der Waals surface area contributed by atoms with E-state index in [1.807, 2.05) is 61.2 Å². The summed E-state index contributed by atoms with van der Waals surface area (Å²) in [6.07, 6.45) is 7.54. The first kappa shape index (κ1) is 9.78. The molecule has 2 N–H and O–H groups in total. The molecule has 0 fully saturated rings. The Morgan fingerprint density at radius 2 is 1.00 bits per heavy atom. The Hall–Kier alpha value is -2.42. The highest BCUT2D eigenvalue weighted by Gasteiger charge is 2.07. The fraction of sp³-hybridized carbons (Fsp3) is 0. The van der Waals surface area contributed by atoms with E-state index in [9.17, 15) is 0 Å². The van der Waals surface area contributed by atoms with Gasteiger partial charge in [0.2, 0.25) is 0 Å². The molecule has 0 aliphatic carbocycles. The molecule has 0 radical (unpaired) electrons. The number of hydrogen-bond donors (Lipinski definition) is 0. The molecule has 0 aliphatic heterocycles. The van der Waals surface area contributed by atoms with Crippen LogP contribution in [0.25, 0.3) is 22.6 Å². The fourth-order valence-electron chi connectivity index (χ4n) is 1.75. The lowest BCUT2D eigenvalue weighted by Gasteiger charge is -1.94. The molecule has 0 amide bonds. The van der Waals surface area contributed by atoms with Crippen LogP contribution in [0.3, 0.4) is 0 Å². The Bertz CT molecular complexity index is 548. The maximum Gasteiger partial charge on any atom is 0.167 e. The number of aromatic amines is 2. The maximum absolute atomic E-state index is 5.83. The van der Waals surface area contributed by atoms with Crippen LogP contribution in [0.5, 0.6) is 0 Å². The monoisotopic (exact) mass is 224 g/mol. The van der Waals surface area contributed by atoms with Gasteiger partial charge < -0.3 is 4.42 Å². The number of nitrogens with one attached hydrogen (secondary N) is 2. The van der Waals surface area contributed by atoms with Crippen molar-refractivity contribution < 1.29 is 14.4 Å². The fourth-order valence-corrected chi connectivity index (χ4v) is 1.75. The standard InChI is InChI=1S/C14H10N2O/c1-2-14(12-5-9-16-10-6-12)17-13(1)11-3-7-15-8-4-11/h1-10H/p+2. The average Bonchev–Trinajstić information content (AvgIpc) is 2.90. The highest BCUT2D eigenvalue weighted by molar-refractivity contribution is 5.63. The van der Waals surface area contributed by atoms with Gasteiger partial charge in [0.1, 0.15) is 11.5 Å². The van der Waals surface area contributed by atoms with Crippen molar-refractivity contribution in [3.8, 4) is 22.6 Å². The molecule has 0 aromatic carbocycles. The molecule has 3 aromatic rings. The Morgan fingerprint density at radius 1 is 0.588 bits per heavy atom. The van der Waals surface area contributed by atoms with Gasteiger partial charge in [0.15, 0.2) is 24.8 Å². The molecule has 0 spiro atoms. The molecule has 3 aromatic heterocycles. The number of aromatic nitrogens is 2. The second-order valence-corrected chi connectivity index (χ2v) is 3.74. The Balaban J connectivity index is 1.99. The summed E-state index contributed by atoms with van der Waals surface area (Å²) >= 11 is 0. The Kier molecular flexibility index (Phi) is 2.43. The van der Waals surface area contributed by atoms with Gasteiger partial charge in [-0.2, -0.15) is 0 Å². The highest BCUT2D eigenvalue weighted by atomic mass is 16.3. The van der Waals surface area contributed by atoms with Crippen molar-refractivity contribution in [2.24, 2.45) is 0 Å². The molecule has 0 aliphatic rings. The van der Waals surface area contributed by atoms with Crippen molar-refractivity contribution in [1.29, 1.82) is 0 Å². The zero-order valence-corrected chi connectivity index (χ0v) is 9.18. The van der Waals surface area contributed by atoms with Crippen molar-refractivity contribution in [3.05, 3.63) is 61.2 Å². The van der Waals surface area contributed by atoms with E-state index in [0.717, 1.165) is 22.6 Å². The number of H-pyrrole nitrogens is 2. The number of furan rings is 1. The summed E-state index contributed by atoms with van der Waals surface area (Å²) in [5.74, 6) is 1.75. The van der Waals surface area contributed by atoms with Gasteiger partial charge in [-0.3, -0.25) is 0 Å². The first-order chi connectivity index (χ1) is 8.43. The maximum atomic E-state index is 5.83. The zero-order valence-electron chi connectivity index (χ0n) is 9.18. The van der Waals surface area contributed by atoms with E-state index < -0.39 is 0 Å². The quantitative estimate of drug-likeness (QED) is 0.658. The summed E-state index contributed by atoms with van der Waals surface area (Å²) in [7, 11) is 0. The van der Waals surface area contributed by atoms with Crippen molar-refractivity contribution in [1.82, 2.24) is 0 Å². The molecule has 17 heavy (non-hydrogen) atoms. The molecule has 3 nitrogen and oxygen atoms in total. The van der Waals surface area contributed by atoms with E-state index in [2.05, 4.69) is 9.97 Å². The van der Waals surface area contributed by atoms with Crippen LogP contribution in [0.2, 0.25) is 0 Å². The van der Waals surface area contributed by atoms with E-state index in [-0.39, 0.29) is 0 Å². The first-order valence-corrected chi connectivity index (χ1v) is 5.46.